The van der Waals surface area contributed by atoms with Gasteiger partial charge in [-0.05, 0) is 48.2 Å². The summed E-state index contributed by atoms with van der Waals surface area (Å²) >= 11 is 0. The largest absolute Gasteiger partial charge is 0.315 e. The molecular formula is C23H22N4O5S. The first-order valence-electron chi connectivity index (χ1n) is 9.90. The zero-order chi connectivity index (χ0) is 24.2. The van der Waals surface area contributed by atoms with Crippen LogP contribution in [0.15, 0.2) is 65.7 Å². The Kier molecular flexibility index (Phi) is 6.76. The van der Waals surface area contributed by atoms with Crippen molar-refractivity contribution < 1.29 is 18.4 Å². The van der Waals surface area contributed by atoms with Crippen LogP contribution >= 0.6 is 0 Å². The molecule has 0 saturated carbocycles. The number of pyridine rings is 2. The van der Waals surface area contributed by atoms with E-state index in [1.165, 1.54) is 29.2 Å². The van der Waals surface area contributed by atoms with Crippen LogP contribution in [0, 0.1) is 11.3 Å². The molecule has 3 rings (SSSR count). The van der Waals surface area contributed by atoms with Crippen LogP contribution in [0.25, 0.3) is 22.3 Å². The molecule has 1 atom stereocenters. The second-order valence-corrected chi connectivity index (χ2v) is 10.2. The number of aryl methyl sites for hydroxylation is 1. The number of hydrogen-bond donors (Lipinski definition) is 2. The van der Waals surface area contributed by atoms with Crippen molar-refractivity contribution in [3.63, 3.8) is 0 Å². The number of benzene rings is 1. The lowest BCUT2D eigenvalue weighted by Gasteiger charge is -2.25. The van der Waals surface area contributed by atoms with Crippen molar-refractivity contribution >= 4 is 15.7 Å². The van der Waals surface area contributed by atoms with Crippen LogP contribution < -0.4 is 11.0 Å². The quantitative estimate of drug-likeness (QED) is 0.401. The molecule has 33 heavy (non-hydrogen) atoms. The van der Waals surface area contributed by atoms with Crippen molar-refractivity contribution in [1.82, 2.24) is 15.0 Å². The molecule has 0 spiro atoms. The maximum absolute atomic E-state index is 12.6. The van der Waals surface area contributed by atoms with E-state index >= 15 is 0 Å². The molecule has 0 aliphatic carbocycles. The van der Waals surface area contributed by atoms with Gasteiger partial charge in [0.2, 0.25) is 0 Å². The Bertz CT molecular complexity index is 1370. The van der Waals surface area contributed by atoms with Crippen LogP contribution in [0.4, 0.5) is 0 Å². The van der Waals surface area contributed by atoms with Crippen molar-refractivity contribution in [3.05, 3.63) is 77.0 Å². The van der Waals surface area contributed by atoms with Gasteiger partial charge in [-0.25, -0.2) is 18.9 Å². The fraction of sp³-hybridized carbons (Fsp3) is 0.217. The van der Waals surface area contributed by atoms with Gasteiger partial charge in [0.05, 0.1) is 0 Å². The monoisotopic (exact) mass is 466 g/mol. The zero-order valence-corrected chi connectivity index (χ0v) is 18.8. The highest BCUT2D eigenvalue weighted by molar-refractivity contribution is 7.92. The molecule has 0 aliphatic heterocycles. The summed E-state index contributed by atoms with van der Waals surface area (Å²) < 4.78 is 23.6. The predicted molar refractivity (Wildman–Crippen MR) is 122 cm³/mol. The van der Waals surface area contributed by atoms with Gasteiger partial charge in [-0.1, -0.05) is 24.3 Å². The molecule has 0 unspecified atom stereocenters. The first-order valence-corrected chi connectivity index (χ1v) is 11.8. The smallest absolute Gasteiger partial charge is 0.264 e. The highest BCUT2D eigenvalue weighted by atomic mass is 32.2. The molecule has 170 valence electrons. The van der Waals surface area contributed by atoms with E-state index in [9.17, 15) is 18.0 Å². The lowest BCUT2D eigenvalue weighted by molar-refractivity contribution is -0.131. The molecule has 2 aromatic heterocycles. The number of nitrogens with one attached hydrogen (secondary N) is 1. The number of rotatable bonds is 7. The van der Waals surface area contributed by atoms with E-state index in [1.807, 2.05) is 36.4 Å². The van der Waals surface area contributed by atoms with E-state index in [1.54, 1.807) is 18.3 Å². The SMILES string of the molecule is C[C@@](CCn1ccc(-c2ccc(-c3ccc(C#N)nc3)cc2)cc1=O)(C(=O)NO)S(C)(=O)=O. The molecule has 1 amide bonds. The maximum atomic E-state index is 12.6. The molecule has 3 aromatic rings. The van der Waals surface area contributed by atoms with E-state index in [0.717, 1.165) is 22.9 Å². The number of hydrogen-bond acceptors (Lipinski definition) is 7. The standard InChI is InChI=1S/C23H22N4O5S/c1-23(22(29)26-30,33(2,31)32)10-12-27-11-9-18(13-21(27)28)16-3-5-17(6-4-16)19-7-8-20(14-24)25-15-19/h3-9,11,13,15,30H,10,12H2,1-2H3,(H,26,29)/t23-/m1/s1. The Morgan fingerprint density at radius 1 is 1.12 bits per heavy atom. The molecule has 2 N–H and O–H groups in total. The van der Waals surface area contributed by atoms with Crippen molar-refractivity contribution in [2.24, 2.45) is 0 Å². The van der Waals surface area contributed by atoms with Crippen molar-refractivity contribution in [3.8, 4) is 28.3 Å². The number of amides is 1. The lowest BCUT2D eigenvalue weighted by atomic mass is 10.0. The number of hydroxylamine groups is 1. The number of sulfone groups is 1. The van der Waals surface area contributed by atoms with Gasteiger partial charge in [0.25, 0.3) is 11.5 Å². The minimum absolute atomic E-state index is 0.0270. The highest BCUT2D eigenvalue weighted by Gasteiger charge is 2.43. The average Bonchev–Trinajstić information content (AvgIpc) is 2.82. The normalized spacial score (nSPS) is 13.0. The Morgan fingerprint density at radius 2 is 1.73 bits per heavy atom. The molecule has 10 heteroatoms. The molecule has 0 radical (unpaired) electrons. The van der Waals surface area contributed by atoms with Gasteiger partial charge in [-0.15, -0.1) is 0 Å². The minimum Gasteiger partial charge on any atom is -0.315 e. The second-order valence-electron chi connectivity index (χ2n) is 7.76. The van der Waals surface area contributed by atoms with Crippen molar-refractivity contribution in [2.75, 3.05) is 6.26 Å². The molecule has 1 aromatic carbocycles. The average molecular weight is 467 g/mol. The molecule has 0 aliphatic rings. The van der Waals surface area contributed by atoms with Crippen LogP contribution in [-0.2, 0) is 21.2 Å². The molecular weight excluding hydrogens is 444 g/mol. The number of carbonyl (C=O) groups excluding carboxylic acids is 1. The van der Waals surface area contributed by atoms with Crippen molar-refractivity contribution in [1.29, 1.82) is 5.26 Å². The van der Waals surface area contributed by atoms with Gasteiger partial charge in [-0.2, -0.15) is 5.26 Å². The summed E-state index contributed by atoms with van der Waals surface area (Å²) in [5.74, 6) is -1.05. The third-order valence-electron chi connectivity index (χ3n) is 5.66. The third-order valence-corrected chi connectivity index (χ3v) is 7.68. The van der Waals surface area contributed by atoms with E-state index in [2.05, 4.69) is 4.98 Å². The van der Waals surface area contributed by atoms with E-state index in [-0.39, 0.29) is 18.5 Å². The third kappa shape index (κ3) is 5.00. The first kappa shape index (κ1) is 23.8. The minimum atomic E-state index is -3.85. The summed E-state index contributed by atoms with van der Waals surface area (Å²) in [6, 6.07) is 16.1. The summed E-state index contributed by atoms with van der Waals surface area (Å²) in [5, 5.41) is 17.8. The number of nitrogens with zero attached hydrogens (tertiary/aromatic N) is 3. The van der Waals surface area contributed by atoms with Gasteiger partial charge in [0.15, 0.2) is 14.6 Å². The van der Waals surface area contributed by atoms with Gasteiger partial charge < -0.3 is 4.57 Å². The highest BCUT2D eigenvalue weighted by Crippen LogP contribution is 2.25. The predicted octanol–water partition coefficient (Wildman–Crippen LogP) is 2.15. The van der Waals surface area contributed by atoms with Gasteiger partial charge in [0.1, 0.15) is 11.8 Å². The summed E-state index contributed by atoms with van der Waals surface area (Å²) in [4.78, 5) is 28.6. The topological polar surface area (TPSA) is 142 Å². The van der Waals surface area contributed by atoms with Gasteiger partial charge in [0, 0.05) is 36.8 Å². The van der Waals surface area contributed by atoms with E-state index in [0.29, 0.717) is 11.3 Å². The molecule has 0 bridgehead atoms. The Labute approximate surface area is 190 Å². The number of carbonyl (C=O) groups is 1. The molecule has 9 nitrogen and oxygen atoms in total. The summed E-state index contributed by atoms with van der Waals surface area (Å²) in [5.41, 5.74) is 4.63. The zero-order valence-electron chi connectivity index (χ0n) is 18.0. The van der Waals surface area contributed by atoms with Gasteiger partial charge in [-0.3, -0.25) is 14.8 Å². The Balaban J connectivity index is 1.79. The first-order chi connectivity index (χ1) is 15.6. The molecule has 0 saturated heterocycles. The van der Waals surface area contributed by atoms with E-state index in [4.69, 9.17) is 10.5 Å². The van der Waals surface area contributed by atoms with Crippen LogP contribution in [0.2, 0.25) is 0 Å². The summed E-state index contributed by atoms with van der Waals surface area (Å²) in [6.07, 6.45) is 3.88. The van der Waals surface area contributed by atoms with Crippen LogP contribution in [0.3, 0.4) is 0 Å². The van der Waals surface area contributed by atoms with Crippen molar-refractivity contribution in [2.45, 2.75) is 24.6 Å². The van der Waals surface area contributed by atoms with Crippen LogP contribution in [0.5, 0.6) is 0 Å². The summed E-state index contributed by atoms with van der Waals surface area (Å²) in [6.45, 7) is 1.18. The maximum Gasteiger partial charge on any atom is 0.264 e. The fourth-order valence-electron chi connectivity index (χ4n) is 3.28. The molecule has 0 fully saturated rings. The van der Waals surface area contributed by atoms with Crippen LogP contribution in [0.1, 0.15) is 19.0 Å². The van der Waals surface area contributed by atoms with Crippen LogP contribution in [-0.4, -0.2) is 40.1 Å². The summed E-state index contributed by atoms with van der Waals surface area (Å²) in [7, 11) is -3.85. The second kappa shape index (κ2) is 9.36. The van der Waals surface area contributed by atoms with Gasteiger partial charge >= 0.3 is 0 Å². The number of nitriles is 1. The fourth-order valence-corrected chi connectivity index (χ4v) is 4.12. The molecule has 2 heterocycles. The van der Waals surface area contributed by atoms with E-state index < -0.39 is 20.5 Å². The lowest BCUT2D eigenvalue weighted by Crippen LogP contribution is -2.49. The number of aromatic nitrogens is 2. The Hall–Kier alpha value is -3.81. The Morgan fingerprint density at radius 3 is 2.21 bits per heavy atom.